The van der Waals surface area contributed by atoms with Crippen molar-refractivity contribution < 1.29 is 22.7 Å². The molecule has 4 nitrogen and oxygen atoms in total. The standard InChI is InChI=1S/C13H15F3N2O2/c14-13(15,16)7-20-6-11(17)9-2-1-8-3-4-18-12(19)10(8)5-9/h1-2,5,11H,3-4,6-7,17H2,(H,18,19). The predicted octanol–water partition coefficient (Wildman–Crippen LogP) is 1.55. The van der Waals surface area contributed by atoms with Gasteiger partial charge in [-0.2, -0.15) is 13.2 Å². The van der Waals surface area contributed by atoms with E-state index in [1.54, 1.807) is 18.2 Å². The second kappa shape index (κ2) is 5.80. The van der Waals surface area contributed by atoms with Crippen LogP contribution in [0.5, 0.6) is 0 Å². The zero-order valence-corrected chi connectivity index (χ0v) is 10.7. The molecule has 3 N–H and O–H groups in total. The SMILES string of the molecule is NC(COCC(F)(F)F)c1ccc2c(c1)C(=O)NCC2. The summed E-state index contributed by atoms with van der Waals surface area (Å²) in [5.41, 5.74) is 7.81. The summed E-state index contributed by atoms with van der Waals surface area (Å²) in [6, 6.07) is 4.43. The summed E-state index contributed by atoms with van der Waals surface area (Å²) in [5.74, 6) is -0.184. The molecule has 7 heteroatoms. The number of carbonyl (C=O) groups is 1. The summed E-state index contributed by atoms with van der Waals surface area (Å²) >= 11 is 0. The molecule has 0 spiro atoms. The highest BCUT2D eigenvalue weighted by atomic mass is 19.4. The zero-order chi connectivity index (χ0) is 14.8. The molecular formula is C13H15F3N2O2. The van der Waals surface area contributed by atoms with Crippen molar-refractivity contribution in [3.05, 3.63) is 34.9 Å². The minimum Gasteiger partial charge on any atom is -0.370 e. The fraction of sp³-hybridized carbons (Fsp3) is 0.462. The van der Waals surface area contributed by atoms with Crippen LogP contribution in [-0.4, -0.2) is 31.8 Å². The normalized spacial score (nSPS) is 16.5. The van der Waals surface area contributed by atoms with Gasteiger partial charge in [-0.3, -0.25) is 4.79 Å². The Balaban J connectivity index is 2.02. The van der Waals surface area contributed by atoms with Crippen LogP contribution in [0.1, 0.15) is 27.5 Å². The van der Waals surface area contributed by atoms with Gasteiger partial charge < -0.3 is 15.8 Å². The Kier molecular flexibility index (Phi) is 4.29. The molecule has 1 aromatic carbocycles. The predicted molar refractivity (Wildman–Crippen MR) is 66.3 cm³/mol. The van der Waals surface area contributed by atoms with E-state index in [1.165, 1.54) is 0 Å². The van der Waals surface area contributed by atoms with Crippen molar-refractivity contribution in [2.75, 3.05) is 19.8 Å². The van der Waals surface area contributed by atoms with Gasteiger partial charge in [0.15, 0.2) is 0 Å². The average Bonchev–Trinajstić information content (AvgIpc) is 2.37. The van der Waals surface area contributed by atoms with E-state index in [-0.39, 0.29) is 12.5 Å². The highest BCUT2D eigenvalue weighted by molar-refractivity contribution is 5.96. The summed E-state index contributed by atoms with van der Waals surface area (Å²) < 4.78 is 40.4. The van der Waals surface area contributed by atoms with Gasteiger partial charge in [-0.15, -0.1) is 0 Å². The largest absolute Gasteiger partial charge is 0.411 e. The summed E-state index contributed by atoms with van der Waals surface area (Å²) in [4.78, 5) is 11.7. The molecule has 0 saturated carbocycles. The Morgan fingerprint density at radius 3 is 2.85 bits per heavy atom. The van der Waals surface area contributed by atoms with E-state index in [4.69, 9.17) is 5.73 Å². The van der Waals surface area contributed by atoms with Crippen LogP contribution in [0.25, 0.3) is 0 Å². The molecule has 0 bridgehead atoms. The van der Waals surface area contributed by atoms with Crippen molar-refractivity contribution in [3.63, 3.8) is 0 Å². The molecule has 0 fully saturated rings. The maximum atomic E-state index is 12.0. The van der Waals surface area contributed by atoms with Crippen molar-refractivity contribution in [2.24, 2.45) is 5.73 Å². The third-order valence-electron chi connectivity index (χ3n) is 3.05. The Bertz CT molecular complexity index is 503. The number of nitrogens with two attached hydrogens (primary N) is 1. The van der Waals surface area contributed by atoms with E-state index in [0.29, 0.717) is 17.7 Å². The first-order valence-electron chi connectivity index (χ1n) is 6.18. The van der Waals surface area contributed by atoms with E-state index in [9.17, 15) is 18.0 Å². The molecule has 1 aromatic rings. The number of hydrogen-bond donors (Lipinski definition) is 2. The molecule has 1 amide bonds. The molecule has 0 aromatic heterocycles. The van der Waals surface area contributed by atoms with Crippen molar-refractivity contribution in [2.45, 2.75) is 18.6 Å². The van der Waals surface area contributed by atoms with Gasteiger partial charge in [0.25, 0.3) is 5.91 Å². The summed E-state index contributed by atoms with van der Waals surface area (Å²) in [6.07, 6.45) is -3.63. The van der Waals surface area contributed by atoms with Crippen molar-refractivity contribution >= 4 is 5.91 Å². The van der Waals surface area contributed by atoms with Crippen LogP contribution in [0, 0.1) is 0 Å². The van der Waals surface area contributed by atoms with E-state index in [1.807, 2.05) is 0 Å². The number of carbonyl (C=O) groups excluding carboxylic acids is 1. The first-order chi connectivity index (χ1) is 9.37. The number of nitrogens with one attached hydrogen (secondary N) is 1. The minimum absolute atomic E-state index is 0.184. The van der Waals surface area contributed by atoms with Crippen LogP contribution >= 0.6 is 0 Å². The Labute approximate surface area is 114 Å². The molecule has 1 heterocycles. The quantitative estimate of drug-likeness (QED) is 0.883. The summed E-state index contributed by atoms with van der Waals surface area (Å²) in [5, 5.41) is 2.71. The first kappa shape index (κ1) is 14.8. The van der Waals surface area contributed by atoms with Crippen LogP contribution in [0.2, 0.25) is 0 Å². The second-order valence-corrected chi connectivity index (χ2v) is 4.66. The Morgan fingerprint density at radius 2 is 2.15 bits per heavy atom. The van der Waals surface area contributed by atoms with E-state index < -0.39 is 18.8 Å². The van der Waals surface area contributed by atoms with E-state index >= 15 is 0 Å². The third-order valence-corrected chi connectivity index (χ3v) is 3.05. The number of halogens is 3. The number of amides is 1. The number of hydrogen-bond acceptors (Lipinski definition) is 3. The summed E-state index contributed by atoms with van der Waals surface area (Å²) in [7, 11) is 0. The number of ether oxygens (including phenoxy) is 1. The molecule has 20 heavy (non-hydrogen) atoms. The van der Waals surface area contributed by atoms with Crippen molar-refractivity contribution in [1.82, 2.24) is 5.32 Å². The summed E-state index contributed by atoms with van der Waals surface area (Å²) in [6.45, 7) is -0.988. The van der Waals surface area contributed by atoms with Crippen LogP contribution in [0.4, 0.5) is 13.2 Å². The fourth-order valence-corrected chi connectivity index (χ4v) is 2.06. The molecule has 1 aliphatic heterocycles. The van der Waals surface area contributed by atoms with Gasteiger partial charge in [-0.1, -0.05) is 12.1 Å². The van der Waals surface area contributed by atoms with Crippen molar-refractivity contribution in [3.8, 4) is 0 Å². The van der Waals surface area contributed by atoms with Crippen LogP contribution in [-0.2, 0) is 11.2 Å². The van der Waals surface area contributed by atoms with Crippen LogP contribution in [0.3, 0.4) is 0 Å². The van der Waals surface area contributed by atoms with Crippen LogP contribution in [0.15, 0.2) is 18.2 Å². The smallest absolute Gasteiger partial charge is 0.370 e. The second-order valence-electron chi connectivity index (χ2n) is 4.66. The van der Waals surface area contributed by atoms with Crippen LogP contribution < -0.4 is 11.1 Å². The highest BCUT2D eigenvalue weighted by Crippen LogP contribution is 2.21. The maximum absolute atomic E-state index is 12.0. The fourth-order valence-electron chi connectivity index (χ4n) is 2.06. The number of rotatable bonds is 4. The molecular weight excluding hydrogens is 273 g/mol. The van der Waals surface area contributed by atoms with Gasteiger partial charge in [0.2, 0.25) is 0 Å². The lowest BCUT2D eigenvalue weighted by Gasteiger charge is -2.19. The molecule has 0 radical (unpaired) electrons. The average molecular weight is 288 g/mol. The molecule has 1 aliphatic rings. The molecule has 110 valence electrons. The van der Waals surface area contributed by atoms with Gasteiger partial charge in [0, 0.05) is 12.1 Å². The molecule has 2 rings (SSSR count). The zero-order valence-electron chi connectivity index (χ0n) is 10.7. The topological polar surface area (TPSA) is 64.3 Å². The maximum Gasteiger partial charge on any atom is 0.411 e. The lowest BCUT2D eigenvalue weighted by Crippen LogP contribution is -2.32. The van der Waals surface area contributed by atoms with Gasteiger partial charge in [0.1, 0.15) is 6.61 Å². The highest BCUT2D eigenvalue weighted by Gasteiger charge is 2.28. The van der Waals surface area contributed by atoms with E-state index in [2.05, 4.69) is 10.1 Å². The Hall–Kier alpha value is -1.60. The molecule has 1 unspecified atom stereocenters. The van der Waals surface area contributed by atoms with Gasteiger partial charge >= 0.3 is 6.18 Å². The third kappa shape index (κ3) is 3.71. The Morgan fingerprint density at radius 1 is 1.40 bits per heavy atom. The van der Waals surface area contributed by atoms with Gasteiger partial charge in [-0.25, -0.2) is 0 Å². The van der Waals surface area contributed by atoms with Gasteiger partial charge in [0.05, 0.1) is 12.6 Å². The lowest BCUT2D eigenvalue weighted by molar-refractivity contribution is -0.174. The lowest BCUT2D eigenvalue weighted by atomic mass is 9.95. The van der Waals surface area contributed by atoms with Crippen molar-refractivity contribution in [1.29, 1.82) is 0 Å². The monoisotopic (exact) mass is 288 g/mol. The number of fused-ring (bicyclic) bond motifs is 1. The molecule has 1 atom stereocenters. The minimum atomic E-state index is -4.37. The number of benzene rings is 1. The molecule has 0 aliphatic carbocycles. The van der Waals surface area contributed by atoms with E-state index in [0.717, 1.165) is 12.0 Å². The molecule has 0 saturated heterocycles. The number of alkyl halides is 3. The van der Waals surface area contributed by atoms with Gasteiger partial charge in [-0.05, 0) is 23.6 Å². The first-order valence-corrected chi connectivity index (χ1v) is 6.18.